The third-order valence-corrected chi connectivity index (χ3v) is 6.56. The molecule has 0 atom stereocenters. The SMILES string of the molecule is COc1cc(OCc2csc(-c3cnc(OC)cn3)n2)c2cc(-c3cn4cc(C)ccc4n3)oc2c1. The number of pyridine rings is 1. The number of nitrogens with zero attached hydrogens (tertiary/aromatic N) is 5. The summed E-state index contributed by atoms with van der Waals surface area (Å²) in [5.74, 6) is 2.38. The summed E-state index contributed by atoms with van der Waals surface area (Å²) in [5, 5.41) is 3.53. The first-order valence-electron chi connectivity index (χ1n) is 11.1. The van der Waals surface area contributed by atoms with Crippen molar-refractivity contribution in [3.63, 3.8) is 0 Å². The van der Waals surface area contributed by atoms with E-state index in [0.717, 1.165) is 33.0 Å². The Morgan fingerprint density at radius 3 is 2.69 bits per heavy atom. The summed E-state index contributed by atoms with van der Waals surface area (Å²) in [6.45, 7) is 2.32. The number of aryl methyl sites for hydroxylation is 1. The van der Waals surface area contributed by atoms with E-state index in [4.69, 9.17) is 23.6 Å². The van der Waals surface area contributed by atoms with Crippen LogP contribution >= 0.6 is 11.3 Å². The largest absolute Gasteiger partial charge is 0.496 e. The summed E-state index contributed by atoms with van der Waals surface area (Å²) in [5.41, 5.74) is 4.86. The highest BCUT2D eigenvalue weighted by Gasteiger charge is 2.16. The minimum Gasteiger partial charge on any atom is -0.496 e. The van der Waals surface area contributed by atoms with Gasteiger partial charge in [-0.3, -0.25) is 0 Å². The van der Waals surface area contributed by atoms with Crippen molar-refractivity contribution < 1.29 is 18.6 Å². The molecule has 5 heterocycles. The highest BCUT2D eigenvalue weighted by Crippen LogP contribution is 2.37. The molecule has 180 valence electrons. The topological polar surface area (TPSA) is 96.8 Å². The predicted octanol–water partition coefficient (Wildman–Crippen LogP) is 5.57. The molecule has 0 aliphatic heterocycles. The van der Waals surface area contributed by atoms with Crippen LogP contribution in [-0.4, -0.2) is 38.6 Å². The van der Waals surface area contributed by atoms with Crippen LogP contribution in [0, 0.1) is 6.92 Å². The second-order valence-corrected chi connectivity index (χ2v) is 8.98. The molecular formula is C26H21N5O4S. The van der Waals surface area contributed by atoms with Gasteiger partial charge < -0.3 is 23.0 Å². The van der Waals surface area contributed by atoms with Crippen molar-refractivity contribution in [3.05, 3.63) is 71.8 Å². The van der Waals surface area contributed by atoms with Gasteiger partial charge >= 0.3 is 0 Å². The summed E-state index contributed by atoms with van der Waals surface area (Å²) >= 11 is 1.48. The summed E-state index contributed by atoms with van der Waals surface area (Å²) in [4.78, 5) is 17.9. The Hall–Kier alpha value is -4.44. The minimum absolute atomic E-state index is 0.274. The normalized spacial score (nSPS) is 11.3. The molecule has 0 aliphatic carbocycles. The summed E-state index contributed by atoms with van der Waals surface area (Å²) in [7, 11) is 3.17. The van der Waals surface area contributed by atoms with Crippen LogP contribution < -0.4 is 14.2 Å². The molecule has 10 heteroatoms. The maximum atomic E-state index is 6.18. The van der Waals surface area contributed by atoms with Crippen LogP contribution in [0.2, 0.25) is 0 Å². The molecule has 0 amide bonds. The van der Waals surface area contributed by atoms with E-state index in [0.29, 0.717) is 34.4 Å². The maximum Gasteiger partial charge on any atom is 0.232 e. The fraction of sp³-hybridized carbons (Fsp3) is 0.154. The van der Waals surface area contributed by atoms with E-state index in [1.165, 1.54) is 11.3 Å². The van der Waals surface area contributed by atoms with Gasteiger partial charge in [-0.25, -0.2) is 19.9 Å². The molecule has 6 rings (SSSR count). The zero-order valence-corrected chi connectivity index (χ0v) is 20.6. The first-order valence-corrected chi connectivity index (χ1v) is 12.0. The van der Waals surface area contributed by atoms with E-state index in [2.05, 4.69) is 15.0 Å². The molecule has 0 saturated heterocycles. The van der Waals surface area contributed by atoms with Crippen LogP contribution in [0.15, 0.2) is 64.9 Å². The van der Waals surface area contributed by atoms with Crippen molar-refractivity contribution >= 4 is 28.0 Å². The zero-order chi connectivity index (χ0) is 24.6. The Labute approximate surface area is 210 Å². The molecule has 0 spiro atoms. The van der Waals surface area contributed by atoms with Gasteiger partial charge in [0.2, 0.25) is 5.88 Å². The van der Waals surface area contributed by atoms with Crippen molar-refractivity contribution in [2.75, 3.05) is 14.2 Å². The molecule has 0 aliphatic rings. The lowest BCUT2D eigenvalue weighted by Crippen LogP contribution is -1.97. The lowest BCUT2D eigenvalue weighted by molar-refractivity contribution is 0.303. The van der Waals surface area contributed by atoms with Gasteiger partial charge in [0.05, 0.1) is 37.7 Å². The van der Waals surface area contributed by atoms with Gasteiger partial charge in [0.1, 0.15) is 45.7 Å². The van der Waals surface area contributed by atoms with Gasteiger partial charge in [-0.05, 0) is 24.6 Å². The van der Waals surface area contributed by atoms with E-state index in [-0.39, 0.29) is 6.61 Å². The maximum absolute atomic E-state index is 6.18. The van der Waals surface area contributed by atoms with Crippen LogP contribution in [0.5, 0.6) is 17.4 Å². The number of furan rings is 1. The number of imidazole rings is 1. The number of benzene rings is 1. The molecule has 1 aromatic carbocycles. The van der Waals surface area contributed by atoms with Gasteiger partial charge in [-0.2, -0.15) is 0 Å². The molecular weight excluding hydrogens is 478 g/mol. The smallest absolute Gasteiger partial charge is 0.232 e. The summed E-state index contributed by atoms with van der Waals surface area (Å²) in [6, 6.07) is 9.65. The fourth-order valence-electron chi connectivity index (χ4n) is 3.84. The summed E-state index contributed by atoms with van der Waals surface area (Å²) < 4.78 is 24.9. The van der Waals surface area contributed by atoms with E-state index in [9.17, 15) is 0 Å². The predicted molar refractivity (Wildman–Crippen MR) is 136 cm³/mol. The van der Waals surface area contributed by atoms with Crippen LogP contribution in [0.4, 0.5) is 0 Å². The first-order chi connectivity index (χ1) is 17.6. The molecule has 0 radical (unpaired) electrons. The molecule has 5 aromatic heterocycles. The number of methoxy groups -OCH3 is 2. The highest BCUT2D eigenvalue weighted by atomic mass is 32.1. The quantitative estimate of drug-likeness (QED) is 0.281. The van der Waals surface area contributed by atoms with Gasteiger partial charge in [-0.15, -0.1) is 11.3 Å². The van der Waals surface area contributed by atoms with E-state index >= 15 is 0 Å². The first kappa shape index (κ1) is 22.1. The third-order valence-electron chi connectivity index (χ3n) is 5.64. The Morgan fingerprint density at radius 1 is 0.972 bits per heavy atom. The average molecular weight is 500 g/mol. The van der Waals surface area contributed by atoms with Gasteiger partial charge in [0.25, 0.3) is 0 Å². The van der Waals surface area contributed by atoms with Gasteiger partial charge in [-0.1, -0.05) is 6.07 Å². The van der Waals surface area contributed by atoms with E-state index in [1.54, 1.807) is 26.6 Å². The average Bonchev–Trinajstić information content (AvgIpc) is 3.64. The monoisotopic (exact) mass is 499 g/mol. The standard InChI is InChI=1S/C26H21N5O4S/c1-15-4-5-24-30-20(12-31(24)11-15)23-8-18-21(6-17(32-2)7-22(18)35-23)34-13-16-14-36-26(29-16)19-9-28-25(33-3)10-27-19/h4-12,14H,13H2,1-3H3. The Kier molecular flexibility index (Phi) is 5.49. The molecule has 0 fully saturated rings. The second-order valence-electron chi connectivity index (χ2n) is 8.12. The molecule has 0 saturated carbocycles. The van der Waals surface area contributed by atoms with Crippen molar-refractivity contribution in [3.8, 4) is 39.5 Å². The lowest BCUT2D eigenvalue weighted by atomic mass is 10.2. The van der Waals surface area contributed by atoms with Crippen LogP contribution in [-0.2, 0) is 6.61 Å². The van der Waals surface area contributed by atoms with Gasteiger partial charge in [0, 0.05) is 29.9 Å². The Bertz CT molecular complexity index is 1690. The van der Waals surface area contributed by atoms with E-state index in [1.807, 2.05) is 59.4 Å². The number of ether oxygens (including phenoxy) is 3. The second kappa shape index (κ2) is 8.97. The third kappa shape index (κ3) is 4.11. The lowest BCUT2D eigenvalue weighted by Gasteiger charge is -2.07. The van der Waals surface area contributed by atoms with E-state index < -0.39 is 0 Å². The fourth-order valence-corrected chi connectivity index (χ4v) is 4.61. The van der Waals surface area contributed by atoms with Crippen molar-refractivity contribution in [1.29, 1.82) is 0 Å². The number of hydrogen-bond acceptors (Lipinski definition) is 9. The number of rotatable bonds is 7. The molecule has 6 aromatic rings. The van der Waals surface area contributed by atoms with Gasteiger partial charge in [0.15, 0.2) is 5.76 Å². The van der Waals surface area contributed by atoms with Crippen LogP contribution in [0.3, 0.4) is 0 Å². The molecule has 0 unspecified atom stereocenters. The number of hydrogen-bond donors (Lipinski definition) is 0. The zero-order valence-electron chi connectivity index (χ0n) is 19.8. The number of aromatic nitrogens is 5. The Morgan fingerprint density at radius 2 is 1.89 bits per heavy atom. The Balaban J connectivity index is 1.28. The van der Waals surface area contributed by atoms with Crippen LogP contribution in [0.25, 0.3) is 38.8 Å². The number of thiazole rings is 1. The molecule has 0 N–H and O–H groups in total. The molecule has 9 nitrogen and oxygen atoms in total. The number of fused-ring (bicyclic) bond motifs is 2. The van der Waals surface area contributed by atoms with Crippen molar-refractivity contribution in [1.82, 2.24) is 24.3 Å². The van der Waals surface area contributed by atoms with Crippen LogP contribution in [0.1, 0.15) is 11.3 Å². The summed E-state index contributed by atoms with van der Waals surface area (Å²) in [6.07, 6.45) is 7.20. The van der Waals surface area contributed by atoms with Crippen molar-refractivity contribution in [2.24, 2.45) is 0 Å². The molecule has 36 heavy (non-hydrogen) atoms. The minimum atomic E-state index is 0.274. The highest BCUT2D eigenvalue weighted by molar-refractivity contribution is 7.13. The molecule has 0 bridgehead atoms. The van der Waals surface area contributed by atoms with Crippen molar-refractivity contribution in [2.45, 2.75) is 13.5 Å².